The lowest BCUT2D eigenvalue weighted by Crippen LogP contribution is -2.23. The second kappa shape index (κ2) is 3.51. The maximum absolute atomic E-state index is 6.09. The van der Waals surface area contributed by atoms with Crippen molar-refractivity contribution in [1.29, 1.82) is 0 Å². The zero-order chi connectivity index (χ0) is 12.1. The van der Waals surface area contributed by atoms with Crippen molar-refractivity contribution < 1.29 is 4.74 Å². The molecule has 0 N–H and O–H groups in total. The first-order valence-electron chi connectivity index (χ1n) is 6.80. The lowest BCUT2D eigenvalue weighted by atomic mass is 9.77. The van der Waals surface area contributed by atoms with E-state index in [1.165, 1.54) is 42.6 Å². The van der Waals surface area contributed by atoms with E-state index < -0.39 is 0 Å². The molecule has 1 fully saturated rings. The van der Waals surface area contributed by atoms with E-state index in [2.05, 4.69) is 39.0 Å². The van der Waals surface area contributed by atoms with Crippen LogP contribution in [0.4, 0.5) is 0 Å². The highest BCUT2D eigenvalue weighted by Gasteiger charge is 2.44. The molecular weight excluding hydrogens is 208 g/mol. The van der Waals surface area contributed by atoms with Crippen LogP contribution in [-0.2, 0) is 10.8 Å². The molecule has 17 heavy (non-hydrogen) atoms. The molecule has 0 bridgehead atoms. The van der Waals surface area contributed by atoms with Gasteiger partial charge in [0.25, 0.3) is 0 Å². The van der Waals surface area contributed by atoms with Gasteiger partial charge >= 0.3 is 0 Å². The van der Waals surface area contributed by atoms with E-state index in [1.807, 2.05) is 0 Å². The van der Waals surface area contributed by atoms with Gasteiger partial charge in [0.15, 0.2) is 0 Å². The molecule has 1 heterocycles. The van der Waals surface area contributed by atoms with Crippen LogP contribution >= 0.6 is 0 Å². The van der Waals surface area contributed by atoms with Crippen LogP contribution in [0.5, 0.6) is 5.75 Å². The number of ether oxygens (including phenoxy) is 1. The third-order valence-corrected chi connectivity index (χ3v) is 4.45. The second-order valence-corrected chi connectivity index (χ2v) is 6.71. The smallest absolute Gasteiger partial charge is 0.126 e. The summed E-state index contributed by atoms with van der Waals surface area (Å²) in [6, 6.07) is 6.74. The van der Waals surface area contributed by atoms with Gasteiger partial charge in [-0.1, -0.05) is 51.8 Å². The van der Waals surface area contributed by atoms with Gasteiger partial charge in [-0.05, 0) is 23.8 Å². The highest BCUT2D eigenvalue weighted by molar-refractivity contribution is 5.52. The van der Waals surface area contributed by atoms with E-state index in [0.717, 1.165) is 6.61 Å². The fourth-order valence-corrected chi connectivity index (χ4v) is 3.45. The van der Waals surface area contributed by atoms with Crippen molar-refractivity contribution in [3.63, 3.8) is 0 Å². The summed E-state index contributed by atoms with van der Waals surface area (Å²) in [7, 11) is 0. The van der Waals surface area contributed by atoms with Gasteiger partial charge in [-0.3, -0.25) is 0 Å². The van der Waals surface area contributed by atoms with Crippen LogP contribution in [0.15, 0.2) is 18.2 Å². The fourth-order valence-electron chi connectivity index (χ4n) is 3.45. The second-order valence-electron chi connectivity index (χ2n) is 6.71. The molecule has 0 atom stereocenters. The SMILES string of the molecule is CC(C)(C)c1cccc2c1OCC21CCCC1. The molecule has 2 aliphatic rings. The lowest BCUT2D eigenvalue weighted by molar-refractivity contribution is 0.264. The summed E-state index contributed by atoms with van der Waals surface area (Å²) in [4.78, 5) is 0. The molecule has 0 amide bonds. The topological polar surface area (TPSA) is 9.23 Å². The summed E-state index contributed by atoms with van der Waals surface area (Å²) in [5.41, 5.74) is 3.40. The predicted octanol–water partition coefficient (Wildman–Crippen LogP) is 4.19. The molecule has 92 valence electrons. The number of rotatable bonds is 0. The van der Waals surface area contributed by atoms with Crippen molar-refractivity contribution in [3.05, 3.63) is 29.3 Å². The van der Waals surface area contributed by atoms with Crippen molar-refractivity contribution in [2.24, 2.45) is 0 Å². The minimum absolute atomic E-state index is 0.176. The zero-order valence-corrected chi connectivity index (χ0v) is 11.2. The molecule has 0 saturated heterocycles. The third-order valence-electron chi connectivity index (χ3n) is 4.45. The number of benzene rings is 1. The van der Waals surface area contributed by atoms with Crippen LogP contribution in [0, 0.1) is 0 Å². The van der Waals surface area contributed by atoms with Crippen LogP contribution in [-0.4, -0.2) is 6.61 Å². The minimum Gasteiger partial charge on any atom is -0.492 e. The number of hydrogen-bond donors (Lipinski definition) is 0. The molecule has 1 nitrogen and oxygen atoms in total. The van der Waals surface area contributed by atoms with Gasteiger partial charge in [-0.2, -0.15) is 0 Å². The Morgan fingerprint density at radius 2 is 1.82 bits per heavy atom. The van der Waals surface area contributed by atoms with E-state index in [1.54, 1.807) is 0 Å². The van der Waals surface area contributed by atoms with Crippen LogP contribution in [0.25, 0.3) is 0 Å². The van der Waals surface area contributed by atoms with Crippen molar-refractivity contribution in [2.45, 2.75) is 57.3 Å². The molecule has 1 aromatic carbocycles. The average molecular weight is 230 g/mol. The Balaban J connectivity index is 2.12. The number of fused-ring (bicyclic) bond motifs is 2. The Kier molecular flexibility index (Phi) is 2.30. The largest absolute Gasteiger partial charge is 0.492 e. The summed E-state index contributed by atoms with van der Waals surface area (Å²) in [5.74, 6) is 1.20. The Bertz CT molecular complexity index is 433. The Labute approximate surface area is 104 Å². The molecule has 0 aromatic heterocycles. The van der Waals surface area contributed by atoms with Gasteiger partial charge < -0.3 is 4.74 Å². The highest BCUT2D eigenvalue weighted by atomic mass is 16.5. The molecule has 1 aliphatic carbocycles. The van der Waals surface area contributed by atoms with Gasteiger partial charge in [0.05, 0.1) is 6.61 Å². The monoisotopic (exact) mass is 230 g/mol. The summed E-state index contributed by atoms with van der Waals surface area (Å²) < 4.78 is 6.09. The van der Waals surface area contributed by atoms with E-state index in [0.29, 0.717) is 5.41 Å². The Hall–Kier alpha value is -0.980. The van der Waals surface area contributed by atoms with E-state index >= 15 is 0 Å². The number of hydrogen-bond acceptors (Lipinski definition) is 1. The van der Waals surface area contributed by atoms with Gasteiger partial charge in [0, 0.05) is 11.0 Å². The molecular formula is C16H22O. The van der Waals surface area contributed by atoms with Crippen molar-refractivity contribution >= 4 is 0 Å². The maximum atomic E-state index is 6.09. The molecule has 0 unspecified atom stereocenters. The highest BCUT2D eigenvalue weighted by Crippen LogP contribution is 2.51. The standard InChI is InChI=1S/C16H22O/c1-15(2,3)12-7-6-8-13-14(12)17-11-16(13)9-4-5-10-16/h6-8H,4-5,9-11H2,1-3H3. The lowest BCUT2D eigenvalue weighted by Gasteiger charge is -2.23. The van der Waals surface area contributed by atoms with Crippen molar-refractivity contribution in [1.82, 2.24) is 0 Å². The van der Waals surface area contributed by atoms with Crippen LogP contribution < -0.4 is 4.74 Å². The van der Waals surface area contributed by atoms with Crippen molar-refractivity contribution in [2.75, 3.05) is 6.61 Å². The molecule has 1 aliphatic heterocycles. The van der Waals surface area contributed by atoms with Gasteiger partial charge in [0.2, 0.25) is 0 Å². The Morgan fingerprint density at radius 3 is 2.47 bits per heavy atom. The molecule has 1 spiro atoms. The Morgan fingerprint density at radius 1 is 1.12 bits per heavy atom. The van der Waals surface area contributed by atoms with Crippen LogP contribution in [0.1, 0.15) is 57.6 Å². The minimum atomic E-state index is 0.176. The van der Waals surface area contributed by atoms with Crippen molar-refractivity contribution in [3.8, 4) is 5.75 Å². The van der Waals surface area contributed by atoms with E-state index in [9.17, 15) is 0 Å². The third kappa shape index (κ3) is 1.59. The summed E-state index contributed by atoms with van der Waals surface area (Å²) in [6.07, 6.45) is 5.35. The summed E-state index contributed by atoms with van der Waals surface area (Å²) in [5, 5.41) is 0. The van der Waals surface area contributed by atoms with Gasteiger partial charge in [-0.25, -0.2) is 0 Å². The first-order valence-corrected chi connectivity index (χ1v) is 6.80. The first-order chi connectivity index (χ1) is 8.03. The average Bonchev–Trinajstić information content (AvgIpc) is 2.87. The normalized spacial score (nSPS) is 21.6. The molecule has 1 aromatic rings. The van der Waals surface area contributed by atoms with Crippen LogP contribution in [0.3, 0.4) is 0 Å². The molecule has 0 radical (unpaired) electrons. The molecule has 3 rings (SSSR count). The summed E-state index contributed by atoms with van der Waals surface area (Å²) in [6.45, 7) is 7.72. The molecule has 1 saturated carbocycles. The van der Waals surface area contributed by atoms with E-state index in [-0.39, 0.29) is 5.41 Å². The maximum Gasteiger partial charge on any atom is 0.126 e. The van der Waals surface area contributed by atoms with Gasteiger partial charge in [-0.15, -0.1) is 0 Å². The molecule has 1 heteroatoms. The van der Waals surface area contributed by atoms with E-state index in [4.69, 9.17) is 4.74 Å². The quantitative estimate of drug-likeness (QED) is 0.649. The van der Waals surface area contributed by atoms with Gasteiger partial charge in [0.1, 0.15) is 5.75 Å². The fraction of sp³-hybridized carbons (Fsp3) is 0.625. The predicted molar refractivity (Wildman–Crippen MR) is 70.8 cm³/mol. The zero-order valence-electron chi connectivity index (χ0n) is 11.2. The van der Waals surface area contributed by atoms with Crippen LogP contribution in [0.2, 0.25) is 0 Å². The summed E-state index contributed by atoms with van der Waals surface area (Å²) >= 11 is 0. The number of para-hydroxylation sites is 1. The first kappa shape index (κ1) is 11.1.